The molecule has 21 heavy (non-hydrogen) atoms. The number of piperidine rings is 1. The summed E-state index contributed by atoms with van der Waals surface area (Å²) in [6.45, 7) is 8.14. The first kappa shape index (κ1) is 18.3. The maximum Gasteiger partial charge on any atom is 0.304 e. The van der Waals surface area contributed by atoms with Crippen LogP contribution in [0, 0.1) is 0 Å². The molecular formula is C13H27N3O4S. The lowest BCUT2D eigenvalue weighted by atomic mass is 9.99. The van der Waals surface area contributed by atoms with Gasteiger partial charge >= 0.3 is 5.97 Å². The Labute approximate surface area is 127 Å². The largest absolute Gasteiger partial charge is 0.481 e. The number of likely N-dealkylation sites (tertiary alicyclic amines) is 1. The molecule has 8 heteroatoms. The van der Waals surface area contributed by atoms with Crippen LogP contribution in [-0.4, -0.2) is 67.0 Å². The van der Waals surface area contributed by atoms with Crippen LogP contribution in [0.15, 0.2) is 0 Å². The molecule has 7 nitrogen and oxygen atoms in total. The summed E-state index contributed by atoms with van der Waals surface area (Å²) in [5.74, 6) is -1.00. The number of carboxylic acids is 1. The minimum atomic E-state index is -3.61. The molecule has 0 bridgehead atoms. The van der Waals surface area contributed by atoms with Crippen molar-refractivity contribution in [3.8, 4) is 0 Å². The Morgan fingerprint density at radius 1 is 1.33 bits per heavy atom. The number of hydrogen-bond donors (Lipinski definition) is 2. The van der Waals surface area contributed by atoms with E-state index in [2.05, 4.69) is 30.4 Å². The van der Waals surface area contributed by atoms with E-state index in [-0.39, 0.29) is 24.5 Å². The third-order valence-electron chi connectivity index (χ3n) is 3.81. The number of nitrogens with one attached hydrogen (secondary N) is 1. The van der Waals surface area contributed by atoms with Gasteiger partial charge in [0.15, 0.2) is 0 Å². The normalized spacial score (nSPS) is 19.1. The molecule has 0 aliphatic carbocycles. The molecule has 0 saturated carbocycles. The Morgan fingerprint density at radius 2 is 1.86 bits per heavy atom. The molecule has 2 N–H and O–H groups in total. The first-order valence-electron chi connectivity index (χ1n) is 7.23. The second kappa shape index (κ2) is 7.04. The van der Waals surface area contributed by atoms with Gasteiger partial charge in [-0.3, -0.25) is 9.69 Å². The highest BCUT2D eigenvalue weighted by Gasteiger charge is 2.30. The second-order valence-electron chi connectivity index (χ2n) is 6.52. The van der Waals surface area contributed by atoms with E-state index in [1.54, 1.807) is 0 Å². The molecule has 1 rings (SSSR count). The fraction of sp³-hybridized carbons (Fsp3) is 0.923. The van der Waals surface area contributed by atoms with Crippen LogP contribution in [0.1, 0.15) is 40.0 Å². The molecule has 0 aromatic rings. The molecule has 1 aliphatic heterocycles. The number of carboxylic acid groups (broad SMARTS) is 1. The minimum Gasteiger partial charge on any atom is -0.481 e. The number of hydrogen-bond acceptors (Lipinski definition) is 4. The van der Waals surface area contributed by atoms with E-state index < -0.39 is 16.2 Å². The average Bonchev–Trinajstić information content (AvgIpc) is 2.34. The summed E-state index contributed by atoms with van der Waals surface area (Å²) in [6.07, 6.45) is 1.34. The molecule has 0 unspecified atom stereocenters. The third-order valence-corrected chi connectivity index (χ3v) is 5.44. The molecule has 1 aliphatic rings. The molecule has 0 aromatic carbocycles. The number of aliphatic carboxylic acids is 1. The van der Waals surface area contributed by atoms with Crippen LogP contribution in [0.4, 0.5) is 0 Å². The first-order chi connectivity index (χ1) is 9.52. The first-order valence-corrected chi connectivity index (χ1v) is 8.67. The molecule has 0 aromatic heterocycles. The maximum atomic E-state index is 12.1. The Balaban J connectivity index is 2.49. The fourth-order valence-corrected chi connectivity index (χ4v) is 3.51. The van der Waals surface area contributed by atoms with Gasteiger partial charge in [-0.2, -0.15) is 17.4 Å². The molecule has 0 spiro atoms. The van der Waals surface area contributed by atoms with Gasteiger partial charge in [0.25, 0.3) is 10.2 Å². The van der Waals surface area contributed by atoms with Gasteiger partial charge in [-0.05, 0) is 33.6 Å². The van der Waals surface area contributed by atoms with Gasteiger partial charge in [-0.25, -0.2) is 0 Å². The van der Waals surface area contributed by atoms with E-state index in [1.165, 1.54) is 7.05 Å². The number of nitrogens with zero attached hydrogens (tertiary/aromatic N) is 2. The number of carbonyl (C=O) groups is 1. The lowest BCUT2D eigenvalue weighted by Gasteiger charge is -2.41. The van der Waals surface area contributed by atoms with Crippen molar-refractivity contribution in [2.75, 3.05) is 26.7 Å². The quantitative estimate of drug-likeness (QED) is 0.743. The van der Waals surface area contributed by atoms with Crippen LogP contribution in [0.25, 0.3) is 0 Å². The predicted molar refractivity (Wildman–Crippen MR) is 81.3 cm³/mol. The maximum absolute atomic E-state index is 12.1. The van der Waals surface area contributed by atoms with Crippen molar-refractivity contribution < 1.29 is 18.3 Å². The van der Waals surface area contributed by atoms with E-state index in [0.29, 0.717) is 0 Å². The van der Waals surface area contributed by atoms with E-state index >= 15 is 0 Å². The van der Waals surface area contributed by atoms with Crippen molar-refractivity contribution in [2.24, 2.45) is 0 Å². The molecule has 0 atom stereocenters. The minimum absolute atomic E-state index is 0.0223. The van der Waals surface area contributed by atoms with E-state index in [0.717, 1.165) is 30.2 Å². The SMILES string of the molecule is CN(CCC(=O)O)S(=O)(=O)NC1CCN(C(C)(C)C)CC1. The summed E-state index contributed by atoms with van der Waals surface area (Å²) < 4.78 is 27.9. The van der Waals surface area contributed by atoms with Crippen LogP contribution >= 0.6 is 0 Å². The van der Waals surface area contributed by atoms with Crippen molar-refractivity contribution >= 4 is 16.2 Å². The smallest absolute Gasteiger partial charge is 0.304 e. The topological polar surface area (TPSA) is 90.0 Å². The van der Waals surface area contributed by atoms with Gasteiger partial charge in [0.1, 0.15) is 0 Å². The molecule has 1 fully saturated rings. The zero-order valence-corrected chi connectivity index (χ0v) is 14.1. The number of rotatable bonds is 6. The van der Waals surface area contributed by atoms with Gasteiger partial charge in [-0.15, -0.1) is 0 Å². The summed E-state index contributed by atoms with van der Waals surface area (Å²) in [5.41, 5.74) is 0.0993. The van der Waals surface area contributed by atoms with E-state index in [9.17, 15) is 13.2 Å². The fourth-order valence-electron chi connectivity index (χ4n) is 2.34. The van der Waals surface area contributed by atoms with Gasteiger partial charge < -0.3 is 5.11 Å². The highest BCUT2D eigenvalue weighted by Crippen LogP contribution is 2.20. The predicted octanol–water partition coefficient (Wildman–Crippen LogP) is 0.490. The summed E-state index contributed by atoms with van der Waals surface area (Å²) >= 11 is 0. The second-order valence-corrected chi connectivity index (χ2v) is 8.33. The monoisotopic (exact) mass is 321 g/mol. The van der Waals surface area contributed by atoms with Crippen molar-refractivity contribution in [1.29, 1.82) is 0 Å². The molecule has 0 radical (unpaired) electrons. The summed E-state index contributed by atoms with van der Waals surface area (Å²) in [7, 11) is -2.21. The van der Waals surface area contributed by atoms with Gasteiger partial charge in [-0.1, -0.05) is 0 Å². The lowest BCUT2D eigenvalue weighted by molar-refractivity contribution is -0.137. The Hall–Kier alpha value is -0.700. The van der Waals surface area contributed by atoms with E-state index in [1.807, 2.05) is 0 Å². The zero-order valence-electron chi connectivity index (χ0n) is 13.3. The highest BCUT2D eigenvalue weighted by molar-refractivity contribution is 7.87. The molecule has 124 valence electrons. The van der Waals surface area contributed by atoms with Crippen molar-refractivity contribution in [1.82, 2.24) is 13.9 Å². The average molecular weight is 321 g/mol. The van der Waals surface area contributed by atoms with Crippen LogP contribution in [0.5, 0.6) is 0 Å². The van der Waals surface area contributed by atoms with E-state index in [4.69, 9.17) is 5.11 Å². The summed E-state index contributed by atoms with van der Waals surface area (Å²) in [4.78, 5) is 12.8. The Bertz CT molecular complexity index is 451. The molecule has 0 amide bonds. The van der Waals surface area contributed by atoms with Gasteiger partial charge in [0.2, 0.25) is 0 Å². The van der Waals surface area contributed by atoms with Gasteiger partial charge in [0.05, 0.1) is 6.42 Å². The third kappa shape index (κ3) is 5.90. The van der Waals surface area contributed by atoms with Crippen molar-refractivity contribution in [3.05, 3.63) is 0 Å². The molecule has 1 saturated heterocycles. The molecular weight excluding hydrogens is 294 g/mol. The summed E-state index contributed by atoms with van der Waals surface area (Å²) in [6, 6.07) is -0.0825. The van der Waals surface area contributed by atoms with Crippen LogP contribution in [-0.2, 0) is 15.0 Å². The zero-order chi connectivity index (χ0) is 16.3. The van der Waals surface area contributed by atoms with Crippen molar-refractivity contribution in [2.45, 2.75) is 51.6 Å². The highest BCUT2D eigenvalue weighted by atomic mass is 32.2. The molecule has 1 heterocycles. The van der Waals surface area contributed by atoms with Crippen LogP contribution in [0.2, 0.25) is 0 Å². The Morgan fingerprint density at radius 3 is 2.29 bits per heavy atom. The Kier molecular flexibility index (Phi) is 6.15. The van der Waals surface area contributed by atoms with Crippen molar-refractivity contribution in [3.63, 3.8) is 0 Å². The van der Waals surface area contributed by atoms with Crippen LogP contribution in [0.3, 0.4) is 0 Å². The standard InChI is InChI=1S/C13H27N3O4S/c1-13(2,3)16-9-5-11(6-10-16)14-21(19,20)15(4)8-7-12(17)18/h11,14H,5-10H2,1-4H3,(H,17,18). The summed E-state index contributed by atoms with van der Waals surface area (Å²) in [5, 5.41) is 8.61. The van der Waals surface area contributed by atoms with Gasteiger partial charge in [0, 0.05) is 38.3 Å². The lowest BCUT2D eigenvalue weighted by Crippen LogP contribution is -2.52. The van der Waals surface area contributed by atoms with Crippen LogP contribution < -0.4 is 4.72 Å².